The Kier molecular flexibility index (Phi) is 8.12. The normalized spacial score (nSPS) is 20.0. The molecule has 1 fully saturated rings. The number of hydrogen-bond acceptors (Lipinski definition) is 12. The summed E-state index contributed by atoms with van der Waals surface area (Å²) in [5.74, 6) is -2.10. The molecule has 1 saturated heterocycles. The van der Waals surface area contributed by atoms with Gasteiger partial charge in [-0.25, -0.2) is 9.21 Å². The first-order valence-electron chi connectivity index (χ1n) is 12.8. The van der Waals surface area contributed by atoms with Gasteiger partial charge in [-0.2, -0.15) is 0 Å². The Bertz CT molecular complexity index is 1700. The highest BCUT2D eigenvalue weighted by Crippen LogP contribution is 2.42. The largest absolute Gasteiger partial charge is 0.507 e. The molecule has 13 nitrogen and oxygen atoms in total. The monoisotopic (exact) mass is 595 g/mol. The van der Waals surface area contributed by atoms with Crippen molar-refractivity contribution in [2.45, 2.75) is 24.6 Å². The standard InChI is InChI=1S/C30H26O13/c1-39-23-9-15(4-6-19(23)33)29-24(12-17-20(34)10-16(31)11-22(17)41-29)42-30-28(38)27(37)25(43-30)13-40-26(36)7-3-14-2-5-18(32)21(35)8-14/h2-12,25,27-28,30,37-38H,13H2,1H3,(H4-,31,32,33,34,35,36)/p+1. The summed E-state index contributed by atoms with van der Waals surface area (Å²) in [5, 5.41) is 70.7. The zero-order chi connectivity index (χ0) is 30.8. The fraction of sp³-hybridized carbons (Fsp3) is 0.200. The molecule has 13 heteroatoms. The van der Waals surface area contributed by atoms with E-state index < -0.39 is 37.2 Å². The molecule has 5 rings (SSSR count). The number of carbonyl (C=O) groups is 1. The molecule has 0 spiro atoms. The fourth-order valence-corrected chi connectivity index (χ4v) is 4.39. The molecule has 0 aliphatic carbocycles. The third-order valence-electron chi connectivity index (χ3n) is 6.62. The molecule has 2 heterocycles. The quantitative estimate of drug-likeness (QED) is 0.0678. The van der Waals surface area contributed by atoms with Crippen LogP contribution in [0.3, 0.4) is 0 Å². The molecule has 0 amide bonds. The Morgan fingerprint density at radius 2 is 1.65 bits per heavy atom. The second-order valence-electron chi connectivity index (χ2n) is 9.56. The van der Waals surface area contributed by atoms with Gasteiger partial charge in [0.15, 0.2) is 23.0 Å². The molecule has 0 saturated carbocycles. The van der Waals surface area contributed by atoms with Gasteiger partial charge in [-0.3, -0.25) is 0 Å². The number of rotatable bonds is 8. The molecule has 224 valence electrons. The maximum absolute atomic E-state index is 12.2. The molecule has 43 heavy (non-hydrogen) atoms. The minimum atomic E-state index is -1.59. The van der Waals surface area contributed by atoms with Gasteiger partial charge in [0.25, 0.3) is 0 Å². The molecule has 1 aliphatic rings. The topological polar surface area (TPSA) is 207 Å². The van der Waals surface area contributed by atoms with E-state index in [0.717, 1.165) is 12.1 Å². The Hall–Kier alpha value is -5.24. The van der Waals surface area contributed by atoms with Crippen LogP contribution in [0, 0.1) is 0 Å². The number of aliphatic hydroxyl groups excluding tert-OH is 2. The van der Waals surface area contributed by atoms with Crippen LogP contribution in [0.5, 0.6) is 40.2 Å². The number of carbonyl (C=O) groups excluding carboxylic acids is 1. The molecular formula is C30H27O13+. The van der Waals surface area contributed by atoms with Crippen molar-refractivity contribution in [3.8, 4) is 51.6 Å². The fourth-order valence-electron chi connectivity index (χ4n) is 4.39. The van der Waals surface area contributed by atoms with E-state index in [4.69, 9.17) is 23.4 Å². The summed E-state index contributed by atoms with van der Waals surface area (Å²) in [4.78, 5) is 12.2. The summed E-state index contributed by atoms with van der Waals surface area (Å²) >= 11 is 0. The van der Waals surface area contributed by atoms with Gasteiger partial charge in [0.05, 0.1) is 18.7 Å². The average molecular weight is 596 g/mol. The van der Waals surface area contributed by atoms with Crippen LogP contribution in [0.4, 0.5) is 0 Å². The van der Waals surface area contributed by atoms with Crippen molar-refractivity contribution in [1.29, 1.82) is 0 Å². The van der Waals surface area contributed by atoms with Gasteiger partial charge in [0, 0.05) is 24.3 Å². The summed E-state index contributed by atoms with van der Waals surface area (Å²) in [5.41, 5.74) is 0.846. The minimum absolute atomic E-state index is 0.0429. The Morgan fingerprint density at radius 3 is 2.40 bits per heavy atom. The number of methoxy groups -OCH3 is 1. The zero-order valence-electron chi connectivity index (χ0n) is 22.4. The van der Waals surface area contributed by atoms with Crippen LogP contribution in [0.1, 0.15) is 5.56 Å². The lowest BCUT2D eigenvalue weighted by molar-refractivity contribution is -0.149. The minimum Gasteiger partial charge on any atom is -0.507 e. The van der Waals surface area contributed by atoms with Crippen molar-refractivity contribution in [1.82, 2.24) is 0 Å². The molecule has 4 aromatic rings. The highest BCUT2D eigenvalue weighted by Gasteiger charge is 2.46. The molecule has 0 bridgehead atoms. The lowest BCUT2D eigenvalue weighted by Gasteiger charge is -2.16. The second-order valence-corrected chi connectivity index (χ2v) is 9.56. The van der Waals surface area contributed by atoms with Crippen LogP contribution < -0.4 is 9.47 Å². The summed E-state index contributed by atoms with van der Waals surface area (Å²) in [6.07, 6.45) is -3.36. The van der Waals surface area contributed by atoms with Crippen molar-refractivity contribution < 1.29 is 63.9 Å². The number of aliphatic hydroxyl groups is 2. The highest BCUT2D eigenvalue weighted by atomic mass is 16.7. The van der Waals surface area contributed by atoms with Gasteiger partial charge < -0.3 is 54.7 Å². The molecule has 1 aliphatic heterocycles. The van der Waals surface area contributed by atoms with Gasteiger partial charge in [-0.05, 0) is 35.9 Å². The van der Waals surface area contributed by atoms with Crippen molar-refractivity contribution >= 4 is 23.0 Å². The maximum Gasteiger partial charge on any atom is 0.402 e. The van der Waals surface area contributed by atoms with E-state index in [2.05, 4.69) is 0 Å². The van der Waals surface area contributed by atoms with E-state index in [9.17, 15) is 40.5 Å². The summed E-state index contributed by atoms with van der Waals surface area (Å²) in [6, 6.07) is 12.0. The van der Waals surface area contributed by atoms with Crippen molar-refractivity contribution in [3.63, 3.8) is 0 Å². The van der Waals surface area contributed by atoms with E-state index in [1.807, 2.05) is 0 Å². The highest BCUT2D eigenvalue weighted by molar-refractivity contribution is 5.89. The molecule has 4 unspecified atom stereocenters. The summed E-state index contributed by atoms with van der Waals surface area (Å²) < 4.78 is 27.8. The predicted octanol–water partition coefficient (Wildman–Crippen LogP) is 3.00. The number of benzene rings is 3. The van der Waals surface area contributed by atoms with Crippen molar-refractivity contribution in [2.24, 2.45) is 0 Å². The number of fused-ring (bicyclic) bond motifs is 1. The maximum atomic E-state index is 12.2. The molecule has 7 N–H and O–H groups in total. The SMILES string of the molecule is COc1cc(-c2[o+]c3cc(O)cc(O)c3cc2OC2OC(COC(=O)/C=C/c3ccc(O)c(O)c3)C(O)C2O)ccc1O. The number of aromatic hydroxyl groups is 5. The van der Waals surface area contributed by atoms with Crippen molar-refractivity contribution in [2.75, 3.05) is 13.7 Å². The molecular weight excluding hydrogens is 568 g/mol. The number of esters is 1. The van der Waals surface area contributed by atoms with Crippen LogP contribution >= 0.6 is 0 Å². The molecule has 1 aromatic heterocycles. The van der Waals surface area contributed by atoms with Gasteiger partial charge >= 0.3 is 17.3 Å². The second kappa shape index (κ2) is 11.9. The molecule has 3 aromatic carbocycles. The third kappa shape index (κ3) is 6.18. The van der Waals surface area contributed by atoms with E-state index in [-0.39, 0.29) is 57.0 Å². The Morgan fingerprint density at radius 1 is 0.884 bits per heavy atom. The summed E-state index contributed by atoms with van der Waals surface area (Å²) in [6.45, 7) is -0.452. The van der Waals surface area contributed by atoms with Gasteiger partial charge in [-0.15, -0.1) is 0 Å². The van der Waals surface area contributed by atoms with E-state index in [1.54, 1.807) is 0 Å². The van der Waals surface area contributed by atoms with Crippen LogP contribution in [0.15, 0.2) is 65.1 Å². The van der Waals surface area contributed by atoms with Gasteiger partial charge in [-0.1, -0.05) is 6.07 Å². The van der Waals surface area contributed by atoms with Crippen LogP contribution in [0.25, 0.3) is 28.4 Å². The van der Waals surface area contributed by atoms with Crippen molar-refractivity contribution in [3.05, 3.63) is 66.2 Å². The number of phenols is 5. The zero-order valence-corrected chi connectivity index (χ0v) is 22.4. The van der Waals surface area contributed by atoms with Gasteiger partial charge in [0.1, 0.15) is 41.8 Å². The van der Waals surface area contributed by atoms with E-state index in [1.165, 1.54) is 61.7 Å². The van der Waals surface area contributed by atoms with Crippen LogP contribution in [-0.4, -0.2) is 80.0 Å². The molecule has 4 atom stereocenters. The first-order valence-corrected chi connectivity index (χ1v) is 12.8. The first kappa shape index (κ1) is 29.3. The van der Waals surface area contributed by atoms with E-state index in [0.29, 0.717) is 11.1 Å². The average Bonchev–Trinajstić information content (AvgIpc) is 3.24. The number of phenolic OH excluding ortho intramolecular Hbond substituents is 5. The predicted molar refractivity (Wildman–Crippen MR) is 149 cm³/mol. The lowest BCUT2D eigenvalue weighted by Crippen LogP contribution is -2.36. The summed E-state index contributed by atoms with van der Waals surface area (Å²) in [7, 11) is 1.36. The number of ether oxygens (including phenoxy) is 4. The third-order valence-corrected chi connectivity index (χ3v) is 6.62. The Balaban J connectivity index is 1.36. The van der Waals surface area contributed by atoms with Gasteiger partial charge in [0.2, 0.25) is 12.0 Å². The number of hydrogen-bond donors (Lipinski definition) is 7. The van der Waals surface area contributed by atoms with E-state index >= 15 is 0 Å². The van der Waals surface area contributed by atoms with Crippen LogP contribution in [-0.2, 0) is 14.3 Å². The smallest absolute Gasteiger partial charge is 0.402 e. The first-order chi connectivity index (χ1) is 20.5. The molecule has 0 radical (unpaired) electrons. The Labute approximate surface area is 243 Å². The lowest BCUT2D eigenvalue weighted by atomic mass is 10.1. The van der Waals surface area contributed by atoms with Crippen LogP contribution in [0.2, 0.25) is 0 Å².